The lowest BCUT2D eigenvalue weighted by atomic mass is 9.87. The average Bonchev–Trinajstić information content (AvgIpc) is 2.61. The van der Waals surface area contributed by atoms with Crippen LogP contribution in [-0.2, 0) is 6.42 Å². The van der Waals surface area contributed by atoms with Crippen LogP contribution in [0.1, 0.15) is 57.7 Å². The van der Waals surface area contributed by atoms with Crippen molar-refractivity contribution in [2.24, 2.45) is 5.92 Å². The Morgan fingerprint density at radius 1 is 1.44 bits per heavy atom. The van der Waals surface area contributed by atoms with Crippen molar-refractivity contribution in [1.29, 1.82) is 0 Å². The summed E-state index contributed by atoms with van der Waals surface area (Å²) in [5.41, 5.74) is 7.01. The number of hydrogen-bond donors (Lipinski definition) is 1. The highest BCUT2D eigenvalue weighted by atomic mass is 15.5. The molecule has 0 amide bonds. The number of nitrogen functional groups attached to an aromatic ring is 1. The summed E-state index contributed by atoms with van der Waals surface area (Å²) in [4.78, 5) is 0. The summed E-state index contributed by atoms with van der Waals surface area (Å²) < 4.78 is 2.09. The Labute approximate surface area is 97.2 Å². The van der Waals surface area contributed by atoms with E-state index < -0.39 is 0 Å². The van der Waals surface area contributed by atoms with E-state index in [9.17, 15) is 0 Å². The first-order valence-electron chi connectivity index (χ1n) is 6.42. The van der Waals surface area contributed by atoms with Crippen LogP contribution in [0.15, 0.2) is 0 Å². The minimum atomic E-state index is 0.523. The Balaban J connectivity index is 2.18. The summed E-state index contributed by atoms with van der Waals surface area (Å²) in [5.74, 6) is 1.43. The molecule has 0 spiro atoms. The molecule has 1 saturated carbocycles. The van der Waals surface area contributed by atoms with Gasteiger partial charge in [-0.15, -0.1) is 5.10 Å². The summed E-state index contributed by atoms with van der Waals surface area (Å²) in [6.45, 7) is 4.49. The molecule has 4 nitrogen and oxygen atoms in total. The molecule has 4 heteroatoms. The van der Waals surface area contributed by atoms with Gasteiger partial charge in [0.1, 0.15) is 0 Å². The Kier molecular flexibility index (Phi) is 3.46. The van der Waals surface area contributed by atoms with Gasteiger partial charge in [0.2, 0.25) is 0 Å². The van der Waals surface area contributed by atoms with E-state index in [-0.39, 0.29) is 0 Å². The average molecular weight is 222 g/mol. The second kappa shape index (κ2) is 4.85. The van der Waals surface area contributed by atoms with Crippen LogP contribution in [0.2, 0.25) is 0 Å². The largest absolute Gasteiger partial charge is 0.381 e. The Bertz CT molecular complexity index is 345. The Morgan fingerprint density at radius 2 is 2.25 bits per heavy atom. The zero-order valence-electron chi connectivity index (χ0n) is 10.3. The monoisotopic (exact) mass is 222 g/mol. The van der Waals surface area contributed by atoms with E-state index in [1.807, 2.05) is 0 Å². The second-order valence-electron chi connectivity index (χ2n) is 5.04. The minimum absolute atomic E-state index is 0.523. The highest BCUT2D eigenvalue weighted by Gasteiger charge is 2.24. The molecule has 1 fully saturated rings. The van der Waals surface area contributed by atoms with Gasteiger partial charge < -0.3 is 5.73 Å². The maximum absolute atomic E-state index is 5.87. The van der Waals surface area contributed by atoms with Gasteiger partial charge in [0.15, 0.2) is 5.82 Å². The number of hydrogen-bond acceptors (Lipinski definition) is 3. The van der Waals surface area contributed by atoms with E-state index >= 15 is 0 Å². The molecule has 1 heterocycles. The molecular formula is C12H22N4. The fraction of sp³-hybridized carbons (Fsp3) is 0.833. The highest BCUT2D eigenvalue weighted by molar-refractivity contribution is 5.33. The molecule has 1 aliphatic rings. The third kappa shape index (κ3) is 2.20. The van der Waals surface area contributed by atoms with Crippen LogP contribution in [0.25, 0.3) is 0 Å². The number of anilines is 1. The van der Waals surface area contributed by atoms with Gasteiger partial charge in [0.25, 0.3) is 0 Å². The van der Waals surface area contributed by atoms with Crippen LogP contribution in [0, 0.1) is 5.92 Å². The van der Waals surface area contributed by atoms with Crippen molar-refractivity contribution in [3.63, 3.8) is 0 Å². The number of aromatic nitrogens is 3. The summed E-state index contributed by atoms with van der Waals surface area (Å²) in [6, 6.07) is 0.523. The van der Waals surface area contributed by atoms with Crippen molar-refractivity contribution >= 4 is 5.82 Å². The van der Waals surface area contributed by atoms with Gasteiger partial charge in [-0.2, -0.15) is 0 Å². The van der Waals surface area contributed by atoms with E-state index in [0.717, 1.165) is 24.5 Å². The minimum Gasteiger partial charge on any atom is -0.381 e. The maximum atomic E-state index is 5.87. The SMILES string of the molecule is CCCc1c(N)nnn1C1CCCC(C)C1. The van der Waals surface area contributed by atoms with Gasteiger partial charge in [-0.25, -0.2) is 4.68 Å². The van der Waals surface area contributed by atoms with Gasteiger partial charge in [-0.1, -0.05) is 38.3 Å². The lowest BCUT2D eigenvalue weighted by Crippen LogP contribution is -2.20. The van der Waals surface area contributed by atoms with Gasteiger partial charge >= 0.3 is 0 Å². The molecule has 90 valence electrons. The molecule has 2 rings (SSSR count). The second-order valence-corrected chi connectivity index (χ2v) is 5.04. The number of nitrogens with two attached hydrogens (primary N) is 1. The number of nitrogens with zero attached hydrogens (tertiary/aromatic N) is 3. The molecule has 1 aromatic heterocycles. The molecule has 16 heavy (non-hydrogen) atoms. The summed E-state index contributed by atoms with van der Waals surface area (Å²) in [6.07, 6.45) is 7.19. The third-order valence-electron chi connectivity index (χ3n) is 3.56. The van der Waals surface area contributed by atoms with Gasteiger partial charge in [-0.3, -0.25) is 0 Å². The van der Waals surface area contributed by atoms with Crippen LogP contribution in [-0.4, -0.2) is 15.0 Å². The molecule has 0 aromatic carbocycles. The van der Waals surface area contributed by atoms with Crippen molar-refractivity contribution in [3.05, 3.63) is 5.69 Å². The van der Waals surface area contributed by atoms with E-state index in [4.69, 9.17) is 5.73 Å². The predicted molar refractivity (Wildman–Crippen MR) is 65.1 cm³/mol. The van der Waals surface area contributed by atoms with Crippen molar-refractivity contribution in [2.45, 2.75) is 58.4 Å². The van der Waals surface area contributed by atoms with Crippen molar-refractivity contribution in [1.82, 2.24) is 15.0 Å². The fourth-order valence-corrected chi connectivity index (χ4v) is 2.72. The topological polar surface area (TPSA) is 56.7 Å². The molecular weight excluding hydrogens is 200 g/mol. The van der Waals surface area contributed by atoms with E-state index in [1.54, 1.807) is 0 Å². The van der Waals surface area contributed by atoms with Crippen molar-refractivity contribution in [2.75, 3.05) is 5.73 Å². The Hall–Kier alpha value is -1.06. The van der Waals surface area contributed by atoms with Crippen LogP contribution < -0.4 is 5.73 Å². The summed E-state index contributed by atoms with van der Waals surface area (Å²) in [5, 5.41) is 8.26. The van der Waals surface area contributed by atoms with Crippen LogP contribution >= 0.6 is 0 Å². The third-order valence-corrected chi connectivity index (χ3v) is 3.56. The molecule has 1 aliphatic carbocycles. The van der Waals surface area contributed by atoms with Crippen LogP contribution in [0.3, 0.4) is 0 Å². The molecule has 2 atom stereocenters. The highest BCUT2D eigenvalue weighted by Crippen LogP contribution is 2.33. The normalized spacial score (nSPS) is 25.9. The van der Waals surface area contributed by atoms with Gasteiger partial charge in [0.05, 0.1) is 11.7 Å². The summed E-state index contributed by atoms with van der Waals surface area (Å²) >= 11 is 0. The Morgan fingerprint density at radius 3 is 2.94 bits per heavy atom. The number of rotatable bonds is 3. The first-order chi connectivity index (χ1) is 7.72. The smallest absolute Gasteiger partial charge is 0.169 e. The first kappa shape index (κ1) is 11.4. The van der Waals surface area contributed by atoms with E-state index in [2.05, 4.69) is 28.8 Å². The summed E-state index contributed by atoms with van der Waals surface area (Å²) in [7, 11) is 0. The molecule has 0 aliphatic heterocycles. The molecule has 1 aromatic rings. The van der Waals surface area contributed by atoms with Crippen molar-refractivity contribution < 1.29 is 0 Å². The molecule has 0 radical (unpaired) electrons. The molecule has 0 saturated heterocycles. The first-order valence-corrected chi connectivity index (χ1v) is 6.42. The van der Waals surface area contributed by atoms with E-state index in [0.29, 0.717) is 11.9 Å². The zero-order chi connectivity index (χ0) is 11.5. The van der Waals surface area contributed by atoms with Gasteiger partial charge in [-0.05, 0) is 25.2 Å². The predicted octanol–water partition coefficient (Wildman–Crippen LogP) is 2.56. The standard InChI is InChI=1S/C12H22N4/c1-3-5-11-12(13)14-15-16(11)10-7-4-6-9(2)8-10/h9-10H,3-8,13H2,1-2H3. The fourth-order valence-electron chi connectivity index (χ4n) is 2.72. The quantitative estimate of drug-likeness (QED) is 0.855. The van der Waals surface area contributed by atoms with E-state index in [1.165, 1.54) is 25.7 Å². The lowest BCUT2D eigenvalue weighted by Gasteiger charge is -2.27. The van der Waals surface area contributed by atoms with Gasteiger partial charge in [0, 0.05) is 0 Å². The lowest BCUT2D eigenvalue weighted by molar-refractivity contribution is 0.258. The maximum Gasteiger partial charge on any atom is 0.169 e. The van der Waals surface area contributed by atoms with Crippen LogP contribution in [0.5, 0.6) is 0 Å². The molecule has 0 bridgehead atoms. The molecule has 2 N–H and O–H groups in total. The van der Waals surface area contributed by atoms with Crippen molar-refractivity contribution in [3.8, 4) is 0 Å². The molecule has 2 unspecified atom stereocenters. The van der Waals surface area contributed by atoms with Crippen LogP contribution in [0.4, 0.5) is 5.82 Å². The zero-order valence-corrected chi connectivity index (χ0v) is 10.3.